The lowest BCUT2D eigenvalue weighted by molar-refractivity contribution is 0.0858. The Hall–Kier alpha value is -2.74. The van der Waals surface area contributed by atoms with Crippen molar-refractivity contribution in [2.75, 3.05) is 0 Å². The maximum atomic E-state index is 14.7. The molecular formula is C26H27FO. The van der Waals surface area contributed by atoms with Crippen LogP contribution >= 0.6 is 0 Å². The molecule has 0 spiro atoms. The van der Waals surface area contributed by atoms with Gasteiger partial charge >= 0.3 is 0 Å². The Balaban J connectivity index is 1.84. The summed E-state index contributed by atoms with van der Waals surface area (Å²) < 4.78 is 14.7. The van der Waals surface area contributed by atoms with Gasteiger partial charge in [-0.05, 0) is 34.7 Å². The molecule has 0 N–H and O–H groups in total. The predicted octanol–water partition coefficient (Wildman–Crippen LogP) is 7.34. The van der Waals surface area contributed by atoms with Gasteiger partial charge in [-0.1, -0.05) is 94.8 Å². The second-order valence-electron chi connectivity index (χ2n) is 8.30. The number of carbonyl (C=O) groups excluding carboxylic acids is 1. The lowest BCUT2D eigenvalue weighted by Crippen LogP contribution is -2.20. The second kappa shape index (κ2) is 8.10. The first-order chi connectivity index (χ1) is 13.3. The van der Waals surface area contributed by atoms with Gasteiger partial charge < -0.3 is 0 Å². The highest BCUT2D eigenvalue weighted by Crippen LogP contribution is 2.29. The summed E-state index contributed by atoms with van der Waals surface area (Å²) in [6.45, 7) is 7.70. The molecule has 0 aromatic heterocycles. The normalized spacial score (nSPS) is 11.5. The molecule has 0 bridgehead atoms. The smallest absolute Gasteiger partial charge is 0.168 e. The number of carbonyl (C=O) groups is 1. The summed E-state index contributed by atoms with van der Waals surface area (Å²) in [6, 6.07) is 21.2. The molecule has 1 nitrogen and oxygen atoms in total. The first kappa shape index (κ1) is 20.0. The van der Waals surface area contributed by atoms with Gasteiger partial charge in [0.25, 0.3) is 0 Å². The van der Waals surface area contributed by atoms with E-state index in [9.17, 15) is 9.18 Å². The van der Waals surface area contributed by atoms with Crippen LogP contribution in [-0.4, -0.2) is 5.78 Å². The van der Waals surface area contributed by atoms with Crippen LogP contribution in [0.4, 0.5) is 4.39 Å². The highest BCUT2D eigenvalue weighted by Gasteiger charge is 2.23. The van der Waals surface area contributed by atoms with Gasteiger partial charge in [0.2, 0.25) is 0 Å². The average molecular weight is 374 g/mol. The molecule has 0 unspecified atom stereocenters. The van der Waals surface area contributed by atoms with Gasteiger partial charge in [-0.3, -0.25) is 4.79 Å². The Kier molecular flexibility index (Phi) is 5.79. The number of ketones is 1. The molecule has 28 heavy (non-hydrogen) atoms. The van der Waals surface area contributed by atoms with E-state index in [-0.39, 0.29) is 11.6 Å². The van der Waals surface area contributed by atoms with Crippen LogP contribution in [0.25, 0.3) is 22.3 Å². The number of aryl methyl sites for hydroxylation is 1. The van der Waals surface area contributed by atoms with Crippen LogP contribution in [0, 0.1) is 11.2 Å². The first-order valence-electron chi connectivity index (χ1n) is 9.83. The van der Waals surface area contributed by atoms with Gasteiger partial charge in [-0.25, -0.2) is 4.39 Å². The molecule has 0 amide bonds. The number of rotatable bonds is 5. The summed E-state index contributed by atoms with van der Waals surface area (Å²) in [5.74, 6) is -0.424. The Morgan fingerprint density at radius 2 is 1.36 bits per heavy atom. The van der Waals surface area contributed by atoms with Crippen molar-refractivity contribution in [3.05, 3.63) is 83.7 Å². The molecule has 3 rings (SSSR count). The van der Waals surface area contributed by atoms with Crippen molar-refractivity contribution in [1.29, 1.82) is 0 Å². The molecular weight excluding hydrogens is 347 g/mol. The van der Waals surface area contributed by atoms with Crippen molar-refractivity contribution in [2.24, 2.45) is 5.41 Å². The van der Waals surface area contributed by atoms with E-state index in [2.05, 4.69) is 31.2 Å². The molecule has 0 fully saturated rings. The monoisotopic (exact) mass is 374 g/mol. The number of Topliss-reactive ketones (excluding diaryl/α,β-unsaturated/α-hetero) is 1. The summed E-state index contributed by atoms with van der Waals surface area (Å²) in [4.78, 5) is 12.4. The predicted molar refractivity (Wildman–Crippen MR) is 115 cm³/mol. The van der Waals surface area contributed by atoms with Crippen molar-refractivity contribution >= 4 is 5.78 Å². The molecule has 3 aromatic carbocycles. The van der Waals surface area contributed by atoms with E-state index >= 15 is 0 Å². The average Bonchev–Trinajstić information content (AvgIpc) is 2.68. The second-order valence-corrected chi connectivity index (χ2v) is 8.30. The van der Waals surface area contributed by atoms with Crippen LogP contribution in [-0.2, 0) is 6.42 Å². The van der Waals surface area contributed by atoms with E-state index in [1.165, 1.54) is 11.6 Å². The van der Waals surface area contributed by atoms with Crippen molar-refractivity contribution < 1.29 is 9.18 Å². The van der Waals surface area contributed by atoms with Crippen molar-refractivity contribution in [2.45, 2.75) is 40.5 Å². The molecule has 0 heterocycles. The van der Waals surface area contributed by atoms with Crippen LogP contribution in [0.5, 0.6) is 0 Å². The maximum absolute atomic E-state index is 14.7. The molecule has 0 aliphatic rings. The van der Waals surface area contributed by atoms with Crippen LogP contribution in [0.1, 0.15) is 50.0 Å². The largest absolute Gasteiger partial charge is 0.294 e. The fraction of sp³-hybridized carbons (Fsp3) is 0.269. The van der Waals surface area contributed by atoms with Crippen LogP contribution in [0.15, 0.2) is 66.7 Å². The van der Waals surface area contributed by atoms with Crippen molar-refractivity contribution in [1.82, 2.24) is 0 Å². The minimum atomic E-state index is -0.526. The third-order valence-corrected chi connectivity index (χ3v) is 4.93. The third-order valence-electron chi connectivity index (χ3n) is 4.93. The molecule has 0 aliphatic carbocycles. The van der Waals surface area contributed by atoms with Crippen LogP contribution in [0.3, 0.4) is 0 Å². The standard InChI is InChI=1S/C26H27FO/c1-5-6-18-7-9-19(10-8-18)20-11-13-21(14-12-20)23-16-15-22(17-24(23)27)25(28)26(2,3)4/h7-17H,5-6H2,1-4H3. The molecule has 0 atom stereocenters. The zero-order chi connectivity index (χ0) is 20.3. The zero-order valence-electron chi connectivity index (χ0n) is 17.1. The quantitative estimate of drug-likeness (QED) is 0.427. The van der Waals surface area contributed by atoms with Crippen LogP contribution in [0.2, 0.25) is 0 Å². The van der Waals surface area contributed by atoms with Gasteiger partial charge in [0, 0.05) is 16.5 Å². The Morgan fingerprint density at radius 1 is 0.821 bits per heavy atom. The SMILES string of the molecule is CCCc1ccc(-c2ccc(-c3ccc(C(=O)C(C)(C)C)cc3F)cc2)cc1. The highest BCUT2D eigenvalue weighted by molar-refractivity contribution is 6.00. The first-order valence-corrected chi connectivity index (χ1v) is 9.83. The van der Waals surface area contributed by atoms with E-state index in [4.69, 9.17) is 0 Å². The van der Waals surface area contributed by atoms with Crippen molar-refractivity contribution in [3.8, 4) is 22.3 Å². The molecule has 0 saturated heterocycles. The van der Waals surface area contributed by atoms with Gasteiger partial charge in [-0.2, -0.15) is 0 Å². The van der Waals surface area contributed by atoms with E-state index in [1.54, 1.807) is 12.1 Å². The summed E-state index contributed by atoms with van der Waals surface area (Å²) in [5.41, 5.74) is 4.80. The topological polar surface area (TPSA) is 17.1 Å². The van der Waals surface area contributed by atoms with Gasteiger partial charge in [0.05, 0.1) is 0 Å². The fourth-order valence-corrected chi connectivity index (χ4v) is 3.32. The molecule has 0 aliphatic heterocycles. The Morgan fingerprint density at radius 3 is 1.86 bits per heavy atom. The van der Waals surface area contributed by atoms with E-state index in [0.717, 1.165) is 29.5 Å². The summed E-state index contributed by atoms with van der Waals surface area (Å²) in [5, 5.41) is 0. The number of hydrogen-bond acceptors (Lipinski definition) is 1. The van der Waals surface area contributed by atoms with Gasteiger partial charge in [0.1, 0.15) is 5.82 Å². The molecule has 0 radical (unpaired) electrons. The third kappa shape index (κ3) is 4.39. The van der Waals surface area contributed by atoms with E-state index < -0.39 is 5.41 Å². The minimum absolute atomic E-state index is 0.0557. The number of halogens is 1. The van der Waals surface area contributed by atoms with Gasteiger partial charge in [-0.15, -0.1) is 0 Å². The summed E-state index contributed by atoms with van der Waals surface area (Å²) in [7, 11) is 0. The maximum Gasteiger partial charge on any atom is 0.168 e. The lowest BCUT2D eigenvalue weighted by atomic mass is 9.86. The summed E-state index contributed by atoms with van der Waals surface area (Å²) in [6.07, 6.45) is 2.23. The molecule has 2 heteroatoms. The van der Waals surface area contributed by atoms with E-state index in [0.29, 0.717) is 11.1 Å². The minimum Gasteiger partial charge on any atom is -0.294 e. The highest BCUT2D eigenvalue weighted by atomic mass is 19.1. The van der Waals surface area contributed by atoms with Crippen LogP contribution < -0.4 is 0 Å². The number of hydrogen-bond donors (Lipinski definition) is 0. The van der Waals surface area contributed by atoms with E-state index in [1.807, 2.05) is 45.0 Å². The molecule has 3 aromatic rings. The molecule has 0 saturated carbocycles. The number of benzene rings is 3. The zero-order valence-corrected chi connectivity index (χ0v) is 17.1. The Labute approximate surface area is 167 Å². The van der Waals surface area contributed by atoms with Gasteiger partial charge in [0.15, 0.2) is 5.78 Å². The summed E-state index contributed by atoms with van der Waals surface area (Å²) >= 11 is 0. The molecule has 144 valence electrons. The lowest BCUT2D eigenvalue weighted by Gasteiger charge is -2.17. The van der Waals surface area contributed by atoms with Crippen molar-refractivity contribution in [3.63, 3.8) is 0 Å². The Bertz CT molecular complexity index is 961. The fourth-order valence-electron chi connectivity index (χ4n) is 3.32.